The summed E-state index contributed by atoms with van der Waals surface area (Å²) >= 11 is 0. The fraction of sp³-hybridized carbons (Fsp3) is 0.533. The predicted molar refractivity (Wildman–Crippen MR) is 80.0 cm³/mol. The van der Waals surface area contributed by atoms with E-state index >= 15 is 0 Å². The van der Waals surface area contributed by atoms with Crippen molar-refractivity contribution in [2.45, 2.75) is 37.8 Å². The van der Waals surface area contributed by atoms with E-state index in [1.807, 2.05) is 0 Å². The van der Waals surface area contributed by atoms with E-state index in [2.05, 4.69) is 10.6 Å². The highest BCUT2D eigenvalue weighted by molar-refractivity contribution is 5.91. The van der Waals surface area contributed by atoms with E-state index in [0.717, 1.165) is 19.3 Å². The Morgan fingerprint density at radius 3 is 2.76 bits per heavy atom. The summed E-state index contributed by atoms with van der Waals surface area (Å²) in [5, 5.41) is 15.3. The number of carbonyl (C=O) groups excluding carboxylic acids is 1. The highest BCUT2D eigenvalue weighted by atomic mass is 16.5. The molecule has 1 aromatic rings. The monoisotopic (exact) mass is 294 g/mol. The summed E-state index contributed by atoms with van der Waals surface area (Å²) < 4.78 is 10.5. The fourth-order valence-electron chi connectivity index (χ4n) is 2.62. The molecule has 1 aliphatic carbocycles. The van der Waals surface area contributed by atoms with Gasteiger partial charge < -0.3 is 25.2 Å². The Labute approximate surface area is 124 Å². The van der Waals surface area contributed by atoms with Crippen LogP contribution in [0.25, 0.3) is 0 Å². The van der Waals surface area contributed by atoms with Crippen molar-refractivity contribution in [1.82, 2.24) is 5.32 Å². The van der Waals surface area contributed by atoms with E-state index in [1.54, 1.807) is 25.3 Å². The molecule has 0 aromatic heterocycles. The molecule has 6 nitrogen and oxygen atoms in total. The number of nitrogens with one attached hydrogen (secondary N) is 2. The summed E-state index contributed by atoms with van der Waals surface area (Å²) in [6.45, 7) is 0. The molecule has 21 heavy (non-hydrogen) atoms. The minimum atomic E-state index is -0.324. The molecule has 2 atom stereocenters. The lowest BCUT2D eigenvalue weighted by Crippen LogP contribution is -2.41. The summed E-state index contributed by atoms with van der Waals surface area (Å²) in [4.78, 5) is 12.1. The summed E-state index contributed by atoms with van der Waals surface area (Å²) in [6, 6.07) is 4.99. The second-order valence-electron chi connectivity index (χ2n) is 5.16. The van der Waals surface area contributed by atoms with Gasteiger partial charge in [-0.15, -0.1) is 0 Å². The molecule has 0 aliphatic heterocycles. The standard InChI is InChI=1S/C15H22N2O4/c1-20-13-8-4-7-12(14(13)21-2)17-15(19)16-10-5-3-6-11(18)9-10/h4,7-8,10-11,18H,3,5-6,9H2,1-2H3,(H2,16,17,19)/t10-,11-/m1/s1. The van der Waals surface area contributed by atoms with Crippen LogP contribution < -0.4 is 20.1 Å². The lowest BCUT2D eigenvalue weighted by molar-refractivity contribution is 0.114. The van der Waals surface area contributed by atoms with Gasteiger partial charge in [-0.05, 0) is 37.8 Å². The lowest BCUT2D eigenvalue weighted by Gasteiger charge is -2.26. The molecule has 0 saturated heterocycles. The van der Waals surface area contributed by atoms with Gasteiger partial charge in [-0.25, -0.2) is 4.79 Å². The molecular weight excluding hydrogens is 272 g/mol. The SMILES string of the molecule is COc1cccc(NC(=O)N[C@@H]2CCC[C@@H](O)C2)c1OC. The third kappa shape index (κ3) is 4.01. The van der Waals surface area contributed by atoms with Gasteiger partial charge in [-0.2, -0.15) is 0 Å². The minimum absolute atomic E-state index is 0.00496. The first-order valence-electron chi connectivity index (χ1n) is 7.10. The van der Waals surface area contributed by atoms with E-state index < -0.39 is 0 Å². The van der Waals surface area contributed by atoms with Crippen LogP contribution in [-0.2, 0) is 0 Å². The number of urea groups is 1. The average molecular weight is 294 g/mol. The Hall–Kier alpha value is -1.95. The maximum atomic E-state index is 12.1. The van der Waals surface area contributed by atoms with Crippen LogP contribution >= 0.6 is 0 Å². The molecule has 1 saturated carbocycles. The van der Waals surface area contributed by atoms with Crippen LogP contribution in [0.4, 0.5) is 10.5 Å². The van der Waals surface area contributed by atoms with Crippen LogP contribution in [0.1, 0.15) is 25.7 Å². The number of rotatable bonds is 4. The molecule has 116 valence electrons. The average Bonchev–Trinajstić information content (AvgIpc) is 2.46. The first kappa shape index (κ1) is 15.4. The van der Waals surface area contributed by atoms with Crippen LogP contribution in [0.2, 0.25) is 0 Å². The summed E-state index contributed by atoms with van der Waals surface area (Å²) in [7, 11) is 3.07. The Morgan fingerprint density at radius 1 is 1.29 bits per heavy atom. The highest BCUT2D eigenvalue weighted by Crippen LogP contribution is 2.34. The van der Waals surface area contributed by atoms with Gasteiger partial charge in [-0.1, -0.05) is 6.07 Å². The molecule has 6 heteroatoms. The second-order valence-corrected chi connectivity index (χ2v) is 5.16. The largest absolute Gasteiger partial charge is 0.493 e. The quantitative estimate of drug-likeness (QED) is 0.794. The minimum Gasteiger partial charge on any atom is -0.493 e. The summed E-state index contributed by atoms with van der Waals surface area (Å²) in [6.07, 6.45) is 2.90. The van der Waals surface area contributed by atoms with Crippen LogP contribution in [0, 0.1) is 0 Å². The molecule has 0 spiro atoms. The zero-order chi connectivity index (χ0) is 15.2. The van der Waals surface area contributed by atoms with E-state index in [9.17, 15) is 9.90 Å². The normalized spacial score (nSPS) is 21.5. The predicted octanol–water partition coefficient (Wildman–Crippen LogP) is 2.13. The third-order valence-corrected chi connectivity index (χ3v) is 3.63. The van der Waals surface area contributed by atoms with Crippen molar-refractivity contribution in [2.24, 2.45) is 0 Å². The smallest absolute Gasteiger partial charge is 0.319 e. The molecule has 1 aromatic carbocycles. The number of aliphatic hydroxyl groups is 1. The van der Waals surface area contributed by atoms with E-state index in [4.69, 9.17) is 9.47 Å². The second kappa shape index (κ2) is 7.17. The number of aliphatic hydroxyl groups excluding tert-OH is 1. The van der Waals surface area contributed by atoms with Gasteiger partial charge in [0.2, 0.25) is 0 Å². The Kier molecular flexibility index (Phi) is 5.27. The molecule has 3 N–H and O–H groups in total. The number of amides is 2. The Bertz CT molecular complexity index is 493. The summed E-state index contributed by atoms with van der Waals surface area (Å²) in [5.74, 6) is 1.04. The molecule has 0 unspecified atom stereocenters. The molecule has 1 aliphatic rings. The van der Waals surface area contributed by atoms with Crippen molar-refractivity contribution in [3.05, 3.63) is 18.2 Å². The van der Waals surface area contributed by atoms with Gasteiger partial charge >= 0.3 is 6.03 Å². The van der Waals surface area contributed by atoms with Crippen molar-refractivity contribution >= 4 is 11.7 Å². The molecular formula is C15H22N2O4. The van der Waals surface area contributed by atoms with Gasteiger partial charge in [-0.3, -0.25) is 0 Å². The number of anilines is 1. The van der Waals surface area contributed by atoms with Crippen molar-refractivity contribution in [3.8, 4) is 11.5 Å². The number of para-hydroxylation sites is 1. The number of methoxy groups -OCH3 is 2. The summed E-state index contributed by atoms with van der Waals surface area (Å²) in [5.41, 5.74) is 0.547. The molecule has 2 amide bonds. The van der Waals surface area contributed by atoms with Crippen LogP contribution in [0.5, 0.6) is 11.5 Å². The number of hydrogen-bond acceptors (Lipinski definition) is 4. The van der Waals surface area contributed by atoms with Crippen LogP contribution in [-0.4, -0.2) is 37.5 Å². The first-order valence-corrected chi connectivity index (χ1v) is 7.10. The molecule has 1 fully saturated rings. The number of ether oxygens (including phenoxy) is 2. The molecule has 0 radical (unpaired) electrons. The zero-order valence-electron chi connectivity index (χ0n) is 12.4. The van der Waals surface area contributed by atoms with Crippen LogP contribution in [0.3, 0.4) is 0 Å². The van der Waals surface area contributed by atoms with Gasteiger partial charge in [0.15, 0.2) is 11.5 Å². The van der Waals surface area contributed by atoms with E-state index in [-0.39, 0.29) is 18.2 Å². The molecule has 2 rings (SSSR count). The number of hydrogen-bond donors (Lipinski definition) is 3. The van der Waals surface area contributed by atoms with Crippen LogP contribution in [0.15, 0.2) is 18.2 Å². The topological polar surface area (TPSA) is 79.8 Å². The Balaban J connectivity index is 1.99. The maximum Gasteiger partial charge on any atom is 0.319 e. The van der Waals surface area contributed by atoms with E-state index in [1.165, 1.54) is 7.11 Å². The zero-order valence-corrected chi connectivity index (χ0v) is 12.4. The lowest BCUT2D eigenvalue weighted by atomic mass is 9.93. The van der Waals surface area contributed by atoms with Gasteiger partial charge in [0.05, 0.1) is 26.0 Å². The van der Waals surface area contributed by atoms with Crippen molar-refractivity contribution in [3.63, 3.8) is 0 Å². The van der Waals surface area contributed by atoms with Gasteiger partial charge in [0.25, 0.3) is 0 Å². The Morgan fingerprint density at radius 2 is 2.10 bits per heavy atom. The molecule has 0 heterocycles. The fourth-order valence-corrected chi connectivity index (χ4v) is 2.62. The van der Waals surface area contributed by atoms with Gasteiger partial charge in [0.1, 0.15) is 0 Å². The van der Waals surface area contributed by atoms with Crippen molar-refractivity contribution in [1.29, 1.82) is 0 Å². The van der Waals surface area contributed by atoms with Crippen molar-refractivity contribution in [2.75, 3.05) is 19.5 Å². The first-order chi connectivity index (χ1) is 10.1. The highest BCUT2D eigenvalue weighted by Gasteiger charge is 2.22. The number of carbonyl (C=O) groups is 1. The third-order valence-electron chi connectivity index (χ3n) is 3.63. The van der Waals surface area contributed by atoms with E-state index in [0.29, 0.717) is 23.6 Å². The molecule has 0 bridgehead atoms. The number of benzene rings is 1. The van der Waals surface area contributed by atoms with Gasteiger partial charge in [0, 0.05) is 6.04 Å². The van der Waals surface area contributed by atoms with Crippen molar-refractivity contribution < 1.29 is 19.4 Å². The maximum absolute atomic E-state index is 12.1.